The molecule has 5 saturated heterocycles. The van der Waals surface area contributed by atoms with Gasteiger partial charge in [-0.25, -0.2) is 9.71 Å². The van der Waals surface area contributed by atoms with Gasteiger partial charge in [-0.1, -0.05) is 24.3 Å². The number of methoxy groups -OCH3 is 1. The maximum atomic E-state index is 14.9. The van der Waals surface area contributed by atoms with E-state index in [1.165, 1.54) is 11.1 Å². The number of ether oxygens (including phenoxy) is 6. The van der Waals surface area contributed by atoms with E-state index < -0.39 is 37.7 Å². The molecule has 23 nitrogen and oxygen atoms in total. The molecule has 24 heteroatoms. The molecule has 0 radical (unpaired) electrons. The molecule has 1 saturated carbocycles. The topological polar surface area (TPSA) is 244 Å². The van der Waals surface area contributed by atoms with Crippen molar-refractivity contribution in [2.45, 2.75) is 93.7 Å². The first-order chi connectivity index (χ1) is 41.4. The van der Waals surface area contributed by atoms with Gasteiger partial charge in [0.05, 0.1) is 61.3 Å². The fourth-order valence-corrected chi connectivity index (χ4v) is 15.5. The highest BCUT2D eigenvalue weighted by Gasteiger charge is 2.51. The van der Waals surface area contributed by atoms with E-state index in [0.717, 1.165) is 125 Å². The number of carbonyl (C=O) groups excluding carboxylic acids is 1. The molecule has 6 fully saturated rings. The van der Waals surface area contributed by atoms with Crippen molar-refractivity contribution in [3.05, 3.63) is 111 Å². The van der Waals surface area contributed by atoms with E-state index in [-0.39, 0.29) is 59.8 Å². The SMILES string of the molecule is COc1cc(CN2CCN(C3CC4(CCN(c5ccc(C(=O)NS(=O)(=O)c6cc([N+](=O)[O-])c7c(n6)OC[C@H](C6CCOCC6)N7)c(N6c7cc8cc[nH]c8nc7O[C@H]7COCC[C@@H]76)c5)CC4)C3)[C@H](c3ccccc3C)C2)cnc1N1CCOCC1. The number of piperazine rings is 1. The minimum atomic E-state index is -4.83. The molecule has 0 bridgehead atoms. The van der Waals surface area contributed by atoms with Crippen molar-refractivity contribution in [3.8, 4) is 17.5 Å². The molecule has 85 heavy (non-hydrogen) atoms. The fourth-order valence-electron chi connectivity index (χ4n) is 14.5. The van der Waals surface area contributed by atoms with Crippen molar-refractivity contribution in [2.24, 2.45) is 11.3 Å². The number of hydrogen-bond acceptors (Lipinski definition) is 20. The quantitative estimate of drug-likeness (QED) is 0.0769. The van der Waals surface area contributed by atoms with Gasteiger partial charge in [-0.05, 0) is 116 Å². The number of nitrogens with one attached hydrogen (secondary N) is 3. The Morgan fingerprint density at radius 3 is 2.47 bits per heavy atom. The standard InChI is InChI=1S/C61H72N12O11S/c1-38-5-3-4-6-44(38)51-35-68(34-39-27-52(79-2)57(63-33-39)70-20-25-81-26-21-70)18-19-71(51)43-31-61(32-43)13-16-69(17-14-61)42-7-8-45(48(29-42)72-47-12-24-82-37-53(47)84-59-50(72)28-41-9-15-62-56(41)66-59)58(74)67-85(77,78)54-30-49(73(75)76)55-60(65-54)83-36-46(64-55)40-10-22-80-23-11-40/h3-9,15,27-30,33,40,43,46-47,51,53,64H,10-14,16-26,31-32,34-37H2,1-2H3,(H,62,66)(H,67,74)/t46-,47+,51+,53+/m1/s1. The molecule has 7 aliphatic heterocycles. The summed E-state index contributed by atoms with van der Waals surface area (Å²) in [5.41, 5.74) is 6.16. The second-order valence-corrected chi connectivity index (χ2v) is 25.7. The van der Waals surface area contributed by atoms with Gasteiger partial charge in [-0.2, -0.15) is 18.4 Å². The van der Waals surface area contributed by atoms with Crippen molar-refractivity contribution >= 4 is 61.2 Å². The van der Waals surface area contributed by atoms with Crippen LogP contribution in [0.2, 0.25) is 0 Å². The van der Waals surface area contributed by atoms with E-state index in [2.05, 4.69) is 81.8 Å². The highest BCUT2D eigenvalue weighted by molar-refractivity contribution is 7.90. The molecule has 11 heterocycles. The number of rotatable bonds is 13. The zero-order valence-corrected chi connectivity index (χ0v) is 48.8. The van der Waals surface area contributed by atoms with Crippen LogP contribution in [0.15, 0.2) is 84.1 Å². The summed E-state index contributed by atoms with van der Waals surface area (Å²) in [6, 6.07) is 21.4. The molecule has 6 aromatic rings. The lowest BCUT2D eigenvalue weighted by atomic mass is 9.59. The first kappa shape index (κ1) is 55.5. The van der Waals surface area contributed by atoms with Crippen LogP contribution in [0.4, 0.5) is 34.3 Å². The van der Waals surface area contributed by atoms with Crippen molar-refractivity contribution < 1.29 is 46.6 Å². The zero-order chi connectivity index (χ0) is 58.0. The number of benzene rings is 2. The summed E-state index contributed by atoms with van der Waals surface area (Å²) in [4.78, 5) is 56.1. The van der Waals surface area contributed by atoms with Gasteiger partial charge in [0.25, 0.3) is 15.9 Å². The lowest BCUT2D eigenvalue weighted by Gasteiger charge is -2.58. The summed E-state index contributed by atoms with van der Waals surface area (Å²) >= 11 is 0. The average Bonchev–Trinajstić information content (AvgIpc) is 2.30. The Labute approximate surface area is 493 Å². The van der Waals surface area contributed by atoms with Gasteiger partial charge in [0.1, 0.15) is 24.0 Å². The number of piperidine rings is 1. The number of H-pyrrole nitrogens is 1. The first-order valence-corrected chi connectivity index (χ1v) is 31.4. The molecule has 1 spiro atoms. The van der Waals surface area contributed by atoms with E-state index in [9.17, 15) is 23.3 Å². The van der Waals surface area contributed by atoms with Crippen LogP contribution in [0, 0.1) is 28.4 Å². The average molecular weight is 1180 g/mol. The Morgan fingerprint density at radius 1 is 0.871 bits per heavy atom. The van der Waals surface area contributed by atoms with Crippen LogP contribution in [-0.2, 0) is 30.8 Å². The molecule has 3 N–H and O–H groups in total. The number of aryl methyl sites for hydroxylation is 1. The highest BCUT2D eigenvalue weighted by atomic mass is 32.2. The van der Waals surface area contributed by atoms with Gasteiger partial charge in [-0.15, -0.1) is 0 Å². The summed E-state index contributed by atoms with van der Waals surface area (Å²) in [7, 11) is -3.10. The number of nitro groups is 1. The molecular formula is C61H72N12O11S. The van der Waals surface area contributed by atoms with Gasteiger partial charge in [0, 0.05) is 108 Å². The lowest BCUT2D eigenvalue weighted by Crippen LogP contribution is -2.59. The Bertz CT molecular complexity index is 3620. The van der Waals surface area contributed by atoms with Gasteiger partial charge >= 0.3 is 5.69 Å². The van der Waals surface area contributed by atoms with Crippen molar-refractivity contribution in [1.29, 1.82) is 0 Å². The van der Waals surface area contributed by atoms with Crippen LogP contribution < -0.4 is 38.9 Å². The Morgan fingerprint density at radius 2 is 1.67 bits per heavy atom. The Hall–Kier alpha value is -7.35. The molecule has 1 amide bonds. The third-order valence-electron chi connectivity index (χ3n) is 19.2. The largest absolute Gasteiger partial charge is 0.493 e. The summed E-state index contributed by atoms with van der Waals surface area (Å²) in [5.74, 6) is 0.991. The number of pyridine rings is 3. The van der Waals surface area contributed by atoms with Crippen LogP contribution in [0.5, 0.6) is 17.5 Å². The molecule has 1 aliphatic carbocycles. The highest BCUT2D eigenvalue weighted by Crippen LogP contribution is 2.54. The molecule has 4 atom stereocenters. The number of anilines is 5. The number of morpholine rings is 1. The molecule has 0 unspecified atom stereocenters. The van der Waals surface area contributed by atoms with Crippen LogP contribution in [0.1, 0.15) is 78.0 Å². The van der Waals surface area contributed by atoms with Gasteiger partial charge < -0.3 is 53.4 Å². The third-order valence-corrected chi connectivity index (χ3v) is 20.4. The van der Waals surface area contributed by atoms with Crippen molar-refractivity contribution in [2.75, 3.05) is 119 Å². The summed E-state index contributed by atoms with van der Waals surface area (Å²) in [6.07, 6.45) is 9.62. The number of sulfonamides is 1. The summed E-state index contributed by atoms with van der Waals surface area (Å²) < 4.78 is 66.5. The molecule has 8 aliphatic rings. The smallest absolute Gasteiger partial charge is 0.300 e. The normalized spacial score (nSPS) is 23.9. The molecule has 2 aromatic carbocycles. The van der Waals surface area contributed by atoms with Crippen molar-refractivity contribution in [1.82, 2.24) is 34.5 Å². The zero-order valence-electron chi connectivity index (χ0n) is 47.9. The van der Waals surface area contributed by atoms with Crippen LogP contribution >= 0.6 is 0 Å². The number of amides is 1. The van der Waals surface area contributed by atoms with E-state index >= 15 is 0 Å². The second-order valence-electron chi connectivity index (χ2n) is 24.1. The van der Waals surface area contributed by atoms with Gasteiger partial charge in [0.15, 0.2) is 22.3 Å². The molecule has 448 valence electrons. The minimum absolute atomic E-state index is 0.00192. The Kier molecular flexibility index (Phi) is 14.9. The molecular weight excluding hydrogens is 1110 g/mol. The maximum absolute atomic E-state index is 14.9. The van der Waals surface area contributed by atoms with E-state index in [4.69, 9.17) is 38.4 Å². The molecule has 14 rings (SSSR count). The van der Waals surface area contributed by atoms with E-state index in [1.807, 2.05) is 30.5 Å². The van der Waals surface area contributed by atoms with Gasteiger partial charge in [-0.3, -0.25) is 24.7 Å². The monoisotopic (exact) mass is 1180 g/mol. The second kappa shape index (κ2) is 22.8. The summed E-state index contributed by atoms with van der Waals surface area (Å²) in [6.45, 7) is 12.3. The number of nitrogens with zero attached hydrogens (tertiary/aromatic N) is 9. The minimum Gasteiger partial charge on any atom is -0.493 e. The van der Waals surface area contributed by atoms with Gasteiger partial charge in [0.2, 0.25) is 11.8 Å². The van der Waals surface area contributed by atoms with Crippen LogP contribution in [0.3, 0.4) is 0 Å². The number of carbonyl (C=O) groups is 1. The maximum Gasteiger partial charge on any atom is 0.300 e. The van der Waals surface area contributed by atoms with Crippen LogP contribution in [0.25, 0.3) is 11.0 Å². The number of hydrogen-bond donors (Lipinski definition) is 3. The molecule has 4 aromatic heterocycles. The number of fused-ring (bicyclic) bond motifs is 4. The predicted octanol–water partition coefficient (Wildman–Crippen LogP) is 7.13. The third kappa shape index (κ3) is 10.7. The summed E-state index contributed by atoms with van der Waals surface area (Å²) in [5, 5.41) is 15.9. The predicted molar refractivity (Wildman–Crippen MR) is 317 cm³/mol. The van der Waals surface area contributed by atoms with Crippen molar-refractivity contribution in [3.63, 3.8) is 0 Å². The number of aromatic amines is 1. The Balaban J connectivity index is 0.714. The van der Waals surface area contributed by atoms with E-state index in [1.54, 1.807) is 19.4 Å². The fraction of sp³-hybridized carbons (Fsp3) is 0.508. The number of aromatic nitrogens is 4. The first-order valence-electron chi connectivity index (χ1n) is 29.9. The van der Waals surface area contributed by atoms with E-state index in [0.29, 0.717) is 68.4 Å². The lowest BCUT2D eigenvalue weighted by molar-refractivity contribution is -0.384. The van der Waals surface area contributed by atoms with Crippen LogP contribution in [-0.4, -0.2) is 172 Å².